The van der Waals surface area contributed by atoms with E-state index >= 15 is 0 Å². The third-order valence-corrected chi connectivity index (χ3v) is 7.62. The minimum atomic E-state index is -3.45. The summed E-state index contributed by atoms with van der Waals surface area (Å²) in [5.41, 5.74) is 0. The highest BCUT2D eigenvalue weighted by molar-refractivity contribution is 7.89. The van der Waals surface area contributed by atoms with Gasteiger partial charge in [0.25, 0.3) is 0 Å². The van der Waals surface area contributed by atoms with E-state index in [1.54, 1.807) is 6.07 Å². The molecule has 2 rings (SSSR count). The smallest absolute Gasteiger partial charge is 0.244 e. The highest BCUT2D eigenvalue weighted by Crippen LogP contribution is 2.28. The summed E-state index contributed by atoms with van der Waals surface area (Å²) in [6.45, 7) is 9.53. The normalized spacial score (nSPS) is 17.0. The summed E-state index contributed by atoms with van der Waals surface area (Å²) in [5, 5.41) is 0. The minimum Gasteiger partial charge on any atom is -0.340 e. The Kier molecular flexibility index (Phi) is 5.86. The Balaban J connectivity index is 2.07. The number of rotatable bonds is 5. The van der Waals surface area contributed by atoms with E-state index in [-0.39, 0.29) is 11.8 Å². The van der Waals surface area contributed by atoms with Crippen LogP contribution >= 0.6 is 11.3 Å². The van der Waals surface area contributed by atoms with Crippen molar-refractivity contribution in [3.05, 3.63) is 15.8 Å². The first kappa shape index (κ1) is 18.4. The molecule has 0 bridgehead atoms. The lowest BCUT2D eigenvalue weighted by Gasteiger charge is -2.35. The van der Waals surface area contributed by atoms with Crippen LogP contribution in [-0.4, -0.2) is 49.7 Å². The highest BCUT2D eigenvalue weighted by Gasteiger charge is 2.32. The van der Waals surface area contributed by atoms with Gasteiger partial charge in [0.05, 0.1) is 4.90 Å². The number of piperazine rings is 1. The molecule has 0 saturated carbocycles. The molecule has 1 aliphatic rings. The fourth-order valence-electron chi connectivity index (χ4n) is 3.05. The van der Waals surface area contributed by atoms with E-state index in [0.717, 1.165) is 22.6 Å². The molecular formula is C16H26N2O3S2. The van der Waals surface area contributed by atoms with Gasteiger partial charge in [-0.2, -0.15) is 4.31 Å². The number of nitrogens with zero attached hydrogens (tertiary/aromatic N) is 2. The second-order valence-corrected chi connectivity index (χ2v) is 9.39. The Morgan fingerprint density at radius 2 is 1.74 bits per heavy atom. The van der Waals surface area contributed by atoms with Crippen molar-refractivity contribution < 1.29 is 13.2 Å². The number of amides is 1. The summed E-state index contributed by atoms with van der Waals surface area (Å²) in [6.07, 6.45) is 1.67. The first-order valence-electron chi connectivity index (χ1n) is 8.17. The molecule has 23 heavy (non-hydrogen) atoms. The fourth-order valence-corrected chi connectivity index (χ4v) is 5.99. The SMILES string of the molecule is CCC(CC)C(=O)N1CCN(S(=O)(=O)c2cc(C)sc2C)CC1. The van der Waals surface area contributed by atoms with Crippen LogP contribution < -0.4 is 0 Å². The molecule has 0 aromatic carbocycles. The predicted molar refractivity (Wildman–Crippen MR) is 93.2 cm³/mol. The van der Waals surface area contributed by atoms with Crippen LogP contribution in [0.3, 0.4) is 0 Å². The predicted octanol–water partition coefficient (Wildman–Crippen LogP) is 2.63. The zero-order valence-electron chi connectivity index (χ0n) is 14.3. The van der Waals surface area contributed by atoms with Crippen LogP contribution in [0.2, 0.25) is 0 Å². The zero-order valence-corrected chi connectivity index (χ0v) is 16.0. The third kappa shape index (κ3) is 3.78. The van der Waals surface area contributed by atoms with Gasteiger partial charge in [0, 0.05) is 41.9 Å². The van der Waals surface area contributed by atoms with Crippen molar-refractivity contribution in [2.45, 2.75) is 45.4 Å². The zero-order chi connectivity index (χ0) is 17.2. The van der Waals surface area contributed by atoms with E-state index in [4.69, 9.17) is 0 Å². The van der Waals surface area contributed by atoms with Crippen LogP contribution in [0.15, 0.2) is 11.0 Å². The molecule has 130 valence electrons. The van der Waals surface area contributed by atoms with Crippen LogP contribution in [0.5, 0.6) is 0 Å². The summed E-state index contributed by atoms with van der Waals surface area (Å²) in [4.78, 5) is 16.5. The van der Waals surface area contributed by atoms with Crippen LogP contribution in [0.25, 0.3) is 0 Å². The van der Waals surface area contributed by atoms with Crippen molar-refractivity contribution in [2.24, 2.45) is 5.92 Å². The number of carbonyl (C=O) groups excluding carboxylic acids is 1. The molecule has 0 aliphatic carbocycles. The lowest BCUT2D eigenvalue weighted by atomic mass is 10.0. The average molecular weight is 359 g/mol. The largest absolute Gasteiger partial charge is 0.340 e. The monoisotopic (exact) mass is 358 g/mol. The van der Waals surface area contributed by atoms with Crippen molar-refractivity contribution in [3.63, 3.8) is 0 Å². The van der Waals surface area contributed by atoms with Crippen molar-refractivity contribution in [2.75, 3.05) is 26.2 Å². The molecule has 7 heteroatoms. The Morgan fingerprint density at radius 1 is 1.17 bits per heavy atom. The summed E-state index contributed by atoms with van der Waals surface area (Å²) in [7, 11) is -3.45. The highest BCUT2D eigenvalue weighted by atomic mass is 32.2. The summed E-state index contributed by atoms with van der Waals surface area (Å²) in [5.74, 6) is 0.217. The van der Waals surface area contributed by atoms with Gasteiger partial charge in [-0.05, 0) is 32.8 Å². The molecule has 1 aromatic heterocycles. The molecule has 0 unspecified atom stereocenters. The van der Waals surface area contributed by atoms with Crippen molar-refractivity contribution in [3.8, 4) is 0 Å². The molecule has 1 aromatic rings. The summed E-state index contributed by atoms with van der Waals surface area (Å²) >= 11 is 1.51. The minimum absolute atomic E-state index is 0.0555. The molecule has 1 saturated heterocycles. The number of hydrogen-bond donors (Lipinski definition) is 0. The lowest BCUT2D eigenvalue weighted by molar-refractivity contribution is -0.136. The number of thiophene rings is 1. The van der Waals surface area contributed by atoms with Gasteiger partial charge in [0.2, 0.25) is 15.9 Å². The molecule has 0 N–H and O–H groups in total. The molecule has 2 heterocycles. The fraction of sp³-hybridized carbons (Fsp3) is 0.688. The Morgan fingerprint density at radius 3 is 2.17 bits per heavy atom. The maximum absolute atomic E-state index is 12.8. The van der Waals surface area contributed by atoms with Gasteiger partial charge in [-0.15, -0.1) is 11.3 Å². The van der Waals surface area contributed by atoms with E-state index < -0.39 is 10.0 Å². The van der Waals surface area contributed by atoms with Gasteiger partial charge in [-0.3, -0.25) is 4.79 Å². The average Bonchev–Trinajstić information content (AvgIpc) is 2.88. The lowest BCUT2D eigenvalue weighted by Crippen LogP contribution is -2.51. The van der Waals surface area contributed by atoms with Gasteiger partial charge in [-0.25, -0.2) is 8.42 Å². The van der Waals surface area contributed by atoms with E-state index in [1.165, 1.54) is 15.6 Å². The van der Waals surface area contributed by atoms with Crippen molar-refractivity contribution in [1.82, 2.24) is 9.21 Å². The van der Waals surface area contributed by atoms with Crippen LogP contribution in [0, 0.1) is 19.8 Å². The molecule has 1 amide bonds. The van der Waals surface area contributed by atoms with Gasteiger partial charge in [0.15, 0.2) is 0 Å². The topological polar surface area (TPSA) is 57.7 Å². The van der Waals surface area contributed by atoms with Crippen LogP contribution in [0.1, 0.15) is 36.4 Å². The maximum Gasteiger partial charge on any atom is 0.244 e. The molecule has 0 atom stereocenters. The Hall–Kier alpha value is -0.920. The van der Waals surface area contributed by atoms with E-state index in [0.29, 0.717) is 31.1 Å². The maximum atomic E-state index is 12.8. The molecular weight excluding hydrogens is 332 g/mol. The third-order valence-electron chi connectivity index (χ3n) is 4.50. The Bertz CT molecular complexity index is 655. The summed E-state index contributed by atoms with van der Waals surface area (Å²) in [6, 6.07) is 1.75. The van der Waals surface area contributed by atoms with Crippen molar-refractivity contribution >= 4 is 27.3 Å². The molecule has 5 nitrogen and oxygen atoms in total. The van der Waals surface area contributed by atoms with Gasteiger partial charge < -0.3 is 4.90 Å². The van der Waals surface area contributed by atoms with Crippen molar-refractivity contribution in [1.29, 1.82) is 0 Å². The van der Waals surface area contributed by atoms with E-state index in [9.17, 15) is 13.2 Å². The second kappa shape index (κ2) is 7.32. The van der Waals surface area contributed by atoms with Crippen LogP contribution in [0.4, 0.5) is 0 Å². The summed E-state index contributed by atoms with van der Waals surface area (Å²) < 4.78 is 27.1. The van der Waals surface area contributed by atoms with E-state index in [2.05, 4.69) is 0 Å². The molecule has 1 fully saturated rings. The number of carbonyl (C=O) groups is 1. The number of hydrogen-bond acceptors (Lipinski definition) is 4. The molecule has 0 spiro atoms. The van der Waals surface area contributed by atoms with Gasteiger partial charge in [-0.1, -0.05) is 13.8 Å². The first-order chi connectivity index (χ1) is 10.8. The quantitative estimate of drug-likeness (QED) is 0.813. The number of aryl methyl sites for hydroxylation is 2. The second-order valence-electron chi connectivity index (χ2n) is 6.02. The molecule has 1 aliphatic heterocycles. The molecule has 0 radical (unpaired) electrons. The van der Waals surface area contributed by atoms with Gasteiger partial charge in [0.1, 0.15) is 0 Å². The van der Waals surface area contributed by atoms with Gasteiger partial charge >= 0.3 is 0 Å². The van der Waals surface area contributed by atoms with E-state index in [1.807, 2.05) is 32.6 Å². The first-order valence-corrected chi connectivity index (χ1v) is 10.4. The standard InChI is InChI=1S/C16H26N2O3S2/c1-5-14(6-2)16(19)17-7-9-18(10-8-17)23(20,21)15-11-12(3)22-13(15)4/h11,14H,5-10H2,1-4H3. The number of sulfonamides is 1. The van der Waals surface area contributed by atoms with Crippen LogP contribution in [-0.2, 0) is 14.8 Å². The Labute approximate surface area is 143 Å².